The molecule has 0 bridgehead atoms. The van der Waals surface area contributed by atoms with Gasteiger partial charge in [0.25, 0.3) is 5.69 Å². The van der Waals surface area contributed by atoms with Crippen LogP contribution in [-0.4, -0.2) is 61.0 Å². The zero-order chi connectivity index (χ0) is 19.4. The van der Waals surface area contributed by atoms with Gasteiger partial charge in [0.1, 0.15) is 0 Å². The Labute approximate surface area is 158 Å². The summed E-state index contributed by atoms with van der Waals surface area (Å²) in [6, 6.07) is 5.16. The molecule has 27 heavy (non-hydrogen) atoms. The minimum atomic E-state index is -0.377. The number of nitrogens with one attached hydrogen (secondary N) is 1. The molecular weight excluding hydrogens is 346 g/mol. The summed E-state index contributed by atoms with van der Waals surface area (Å²) in [6.07, 6.45) is 4.75. The first-order valence-corrected chi connectivity index (χ1v) is 9.16. The van der Waals surface area contributed by atoms with E-state index in [1.807, 2.05) is 25.1 Å². The number of piperidine rings is 1. The highest BCUT2D eigenvalue weighted by Crippen LogP contribution is 2.34. The number of rotatable bonds is 6. The summed E-state index contributed by atoms with van der Waals surface area (Å²) in [7, 11) is 3.96. The maximum absolute atomic E-state index is 12.3. The standard InChI is InChI=1S/C19H25N5O3/c1-22(2)12-9-21-19(25)14-6-10-23(11-7-14)17-3-4-18(24(26)27)16-13-20-8-5-15(16)17/h3-5,8,13-14H,6-7,9-12H2,1-2H3,(H,21,25). The van der Waals surface area contributed by atoms with Crippen LogP contribution in [-0.2, 0) is 4.79 Å². The van der Waals surface area contributed by atoms with Gasteiger partial charge in [-0.05, 0) is 39.1 Å². The van der Waals surface area contributed by atoms with E-state index in [1.165, 1.54) is 0 Å². The van der Waals surface area contributed by atoms with Crippen molar-refractivity contribution in [3.05, 3.63) is 40.7 Å². The zero-order valence-corrected chi connectivity index (χ0v) is 15.7. The molecule has 1 aliphatic heterocycles. The molecule has 0 spiro atoms. The smallest absolute Gasteiger partial charge is 0.278 e. The Morgan fingerprint density at radius 1 is 1.30 bits per heavy atom. The fourth-order valence-corrected chi connectivity index (χ4v) is 3.52. The van der Waals surface area contributed by atoms with Crippen molar-refractivity contribution < 1.29 is 9.72 Å². The number of likely N-dealkylation sites (N-methyl/N-ethyl adjacent to an activating group) is 1. The van der Waals surface area contributed by atoms with Crippen LogP contribution in [0.2, 0.25) is 0 Å². The van der Waals surface area contributed by atoms with Crippen molar-refractivity contribution in [3.8, 4) is 0 Å². The van der Waals surface area contributed by atoms with Gasteiger partial charge in [-0.3, -0.25) is 19.9 Å². The van der Waals surface area contributed by atoms with E-state index in [0.717, 1.165) is 43.5 Å². The van der Waals surface area contributed by atoms with Crippen molar-refractivity contribution >= 4 is 28.1 Å². The number of pyridine rings is 1. The number of aromatic nitrogens is 1. The molecule has 8 nitrogen and oxygen atoms in total. The molecule has 8 heteroatoms. The molecule has 0 saturated carbocycles. The van der Waals surface area contributed by atoms with Gasteiger partial charge in [0, 0.05) is 61.6 Å². The highest BCUT2D eigenvalue weighted by molar-refractivity contribution is 5.99. The maximum atomic E-state index is 12.3. The van der Waals surface area contributed by atoms with E-state index < -0.39 is 0 Å². The van der Waals surface area contributed by atoms with Crippen LogP contribution in [0.1, 0.15) is 12.8 Å². The molecule has 1 aliphatic rings. The summed E-state index contributed by atoms with van der Waals surface area (Å²) in [5.41, 5.74) is 1.03. The summed E-state index contributed by atoms with van der Waals surface area (Å²) in [5, 5.41) is 15.6. The third-order valence-electron chi connectivity index (χ3n) is 5.03. The molecule has 0 unspecified atom stereocenters. The number of nitro benzene ring substituents is 1. The van der Waals surface area contributed by atoms with Crippen LogP contribution in [0.25, 0.3) is 10.8 Å². The topological polar surface area (TPSA) is 91.6 Å². The van der Waals surface area contributed by atoms with E-state index in [9.17, 15) is 14.9 Å². The lowest BCUT2D eigenvalue weighted by atomic mass is 9.95. The first kappa shape index (κ1) is 19.0. The summed E-state index contributed by atoms with van der Waals surface area (Å²) in [4.78, 5) is 31.5. The maximum Gasteiger partial charge on any atom is 0.278 e. The van der Waals surface area contributed by atoms with Crippen molar-refractivity contribution in [2.75, 3.05) is 45.2 Å². The molecule has 0 aliphatic carbocycles. The number of nitro groups is 1. The quantitative estimate of drug-likeness (QED) is 0.617. The summed E-state index contributed by atoms with van der Waals surface area (Å²) in [6.45, 7) is 2.99. The van der Waals surface area contributed by atoms with Crippen LogP contribution in [0.15, 0.2) is 30.6 Å². The Kier molecular flexibility index (Phi) is 5.85. The number of benzene rings is 1. The zero-order valence-electron chi connectivity index (χ0n) is 15.7. The van der Waals surface area contributed by atoms with Gasteiger partial charge < -0.3 is 15.1 Å². The first-order chi connectivity index (χ1) is 13.0. The Bertz CT molecular complexity index is 831. The van der Waals surface area contributed by atoms with Crippen LogP contribution in [0.4, 0.5) is 11.4 Å². The molecule has 0 radical (unpaired) electrons. The molecule has 0 atom stereocenters. The van der Waals surface area contributed by atoms with Gasteiger partial charge in [-0.2, -0.15) is 0 Å². The molecule has 1 saturated heterocycles. The van der Waals surface area contributed by atoms with Crippen molar-refractivity contribution in [1.82, 2.24) is 15.2 Å². The number of nitrogens with zero attached hydrogens (tertiary/aromatic N) is 4. The minimum absolute atomic E-state index is 0.0226. The lowest BCUT2D eigenvalue weighted by Crippen LogP contribution is -2.42. The molecular formula is C19H25N5O3. The van der Waals surface area contributed by atoms with Crippen molar-refractivity contribution in [1.29, 1.82) is 0 Å². The van der Waals surface area contributed by atoms with Gasteiger partial charge >= 0.3 is 0 Å². The van der Waals surface area contributed by atoms with Gasteiger partial charge in [0.15, 0.2) is 0 Å². The van der Waals surface area contributed by atoms with Crippen LogP contribution < -0.4 is 10.2 Å². The Morgan fingerprint density at radius 2 is 2.04 bits per heavy atom. The number of anilines is 1. The third-order valence-corrected chi connectivity index (χ3v) is 5.03. The lowest BCUT2D eigenvalue weighted by Gasteiger charge is -2.33. The molecule has 144 valence electrons. The number of carbonyl (C=O) groups is 1. The number of carbonyl (C=O) groups excluding carboxylic acids is 1. The normalized spacial score (nSPS) is 15.3. The van der Waals surface area contributed by atoms with Crippen molar-refractivity contribution in [2.45, 2.75) is 12.8 Å². The van der Waals surface area contributed by atoms with Crippen LogP contribution in [0.5, 0.6) is 0 Å². The average molecular weight is 371 g/mol. The van der Waals surface area contributed by atoms with Gasteiger partial charge in [-0.1, -0.05) is 0 Å². The molecule has 1 fully saturated rings. The number of non-ortho nitro benzene ring substituents is 1. The Balaban J connectivity index is 1.69. The van der Waals surface area contributed by atoms with Crippen LogP contribution in [0.3, 0.4) is 0 Å². The van der Waals surface area contributed by atoms with Gasteiger partial charge in [0.2, 0.25) is 5.91 Å². The van der Waals surface area contributed by atoms with E-state index in [-0.39, 0.29) is 22.4 Å². The van der Waals surface area contributed by atoms with Gasteiger partial charge in [-0.15, -0.1) is 0 Å². The van der Waals surface area contributed by atoms with E-state index in [0.29, 0.717) is 11.9 Å². The molecule has 1 amide bonds. The highest BCUT2D eigenvalue weighted by Gasteiger charge is 2.26. The Morgan fingerprint density at radius 3 is 2.70 bits per heavy atom. The molecule has 1 N–H and O–H groups in total. The number of fused-ring (bicyclic) bond motifs is 1. The van der Waals surface area contributed by atoms with Gasteiger partial charge in [0.05, 0.1) is 10.3 Å². The molecule has 3 rings (SSSR count). The van der Waals surface area contributed by atoms with E-state index >= 15 is 0 Å². The second-order valence-electron chi connectivity index (χ2n) is 7.14. The largest absolute Gasteiger partial charge is 0.371 e. The number of amides is 1. The average Bonchev–Trinajstić information content (AvgIpc) is 2.66. The molecule has 2 aromatic rings. The second kappa shape index (κ2) is 8.30. The SMILES string of the molecule is CN(C)CCNC(=O)C1CCN(c2ccc([N+](=O)[O-])c3cnccc23)CC1. The monoisotopic (exact) mass is 371 g/mol. The predicted molar refractivity (Wildman–Crippen MR) is 105 cm³/mol. The molecule has 2 heterocycles. The summed E-state index contributed by atoms with van der Waals surface area (Å²) < 4.78 is 0. The number of hydrogen-bond acceptors (Lipinski definition) is 6. The summed E-state index contributed by atoms with van der Waals surface area (Å²) in [5.74, 6) is 0.142. The number of hydrogen-bond donors (Lipinski definition) is 1. The lowest BCUT2D eigenvalue weighted by molar-refractivity contribution is -0.383. The summed E-state index contributed by atoms with van der Waals surface area (Å²) >= 11 is 0. The van der Waals surface area contributed by atoms with Gasteiger partial charge in [-0.25, -0.2) is 0 Å². The predicted octanol–water partition coefficient (Wildman–Crippen LogP) is 2.04. The highest BCUT2D eigenvalue weighted by atomic mass is 16.6. The second-order valence-corrected chi connectivity index (χ2v) is 7.14. The van der Waals surface area contributed by atoms with E-state index in [1.54, 1.807) is 24.5 Å². The minimum Gasteiger partial charge on any atom is -0.371 e. The van der Waals surface area contributed by atoms with Crippen molar-refractivity contribution in [2.24, 2.45) is 5.92 Å². The first-order valence-electron chi connectivity index (χ1n) is 9.16. The van der Waals surface area contributed by atoms with E-state index in [2.05, 4.69) is 15.2 Å². The molecule has 1 aromatic heterocycles. The van der Waals surface area contributed by atoms with E-state index in [4.69, 9.17) is 0 Å². The molecule has 1 aromatic carbocycles. The van der Waals surface area contributed by atoms with Crippen LogP contribution in [0, 0.1) is 16.0 Å². The fourth-order valence-electron chi connectivity index (χ4n) is 3.52. The Hall–Kier alpha value is -2.74. The fraction of sp³-hybridized carbons (Fsp3) is 0.474. The third kappa shape index (κ3) is 4.33. The van der Waals surface area contributed by atoms with Crippen LogP contribution >= 0.6 is 0 Å². The van der Waals surface area contributed by atoms with Crippen molar-refractivity contribution in [3.63, 3.8) is 0 Å².